The van der Waals surface area contributed by atoms with Crippen molar-refractivity contribution in [2.45, 2.75) is 51.4 Å². The van der Waals surface area contributed by atoms with E-state index in [4.69, 9.17) is 0 Å². The van der Waals surface area contributed by atoms with Gasteiger partial charge in [0, 0.05) is 8.07 Å². The summed E-state index contributed by atoms with van der Waals surface area (Å²) in [5.41, 5.74) is 0. The molecule has 0 nitrogen and oxygen atoms in total. The van der Waals surface area contributed by atoms with Crippen molar-refractivity contribution in [3.05, 3.63) is 0 Å². The Morgan fingerprint density at radius 1 is 0.917 bits per heavy atom. The van der Waals surface area contributed by atoms with Gasteiger partial charge >= 0.3 is 0 Å². The molecule has 0 spiro atoms. The fraction of sp³-hybridized carbons (Fsp3) is 1.00. The zero-order valence-corrected chi connectivity index (χ0v) is 9.77. The van der Waals surface area contributed by atoms with Crippen molar-refractivity contribution in [3.63, 3.8) is 0 Å². The third-order valence-electron chi connectivity index (χ3n) is 3.88. The lowest BCUT2D eigenvalue weighted by molar-refractivity contribution is 0.441. The fourth-order valence-electron chi connectivity index (χ4n) is 3.43. The average Bonchev–Trinajstić information content (AvgIpc) is 2.46. The van der Waals surface area contributed by atoms with Crippen LogP contribution in [0.4, 0.5) is 0 Å². The molecule has 2 aliphatic carbocycles. The van der Waals surface area contributed by atoms with Crippen LogP contribution in [0.1, 0.15) is 25.7 Å². The lowest BCUT2D eigenvalue weighted by Crippen LogP contribution is -2.25. The van der Waals surface area contributed by atoms with E-state index in [-0.39, 0.29) is 0 Å². The standard InChI is InChI=1S/C11H22Si/c1-12(2,3)8-11-9-4-5-10(11)7-6-9/h9-11H,4-8H2,1-3H3. The van der Waals surface area contributed by atoms with Crippen molar-refractivity contribution >= 4 is 8.07 Å². The quantitative estimate of drug-likeness (QED) is 0.570. The summed E-state index contributed by atoms with van der Waals surface area (Å²) in [7, 11) is -0.766. The summed E-state index contributed by atoms with van der Waals surface area (Å²) in [6.45, 7) is 7.60. The molecule has 0 amide bonds. The Bertz CT molecular complexity index is 148. The van der Waals surface area contributed by atoms with Gasteiger partial charge in [0.15, 0.2) is 0 Å². The molecule has 70 valence electrons. The van der Waals surface area contributed by atoms with E-state index in [1.165, 1.54) is 0 Å². The maximum Gasteiger partial charge on any atom is 0.0445 e. The smallest absolute Gasteiger partial charge is 0.0445 e. The third kappa shape index (κ3) is 1.61. The molecule has 0 saturated heterocycles. The van der Waals surface area contributed by atoms with Gasteiger partial charge < -0.3 is 0 Å². The zero-order valence-electron chi connectivity index (χ0n) is 8.77. The molecule has 2 bridgehead atoms. The highest BCUT2D eigenvalue weighted by molar-refractivity contribution is 6.76. The van der Waals surface area contributed by atoms with E-state index in [1.807, 2.05) is 0 Å². The molecule has 0 aromatic heterocycles. The monoisotopic (exact) mass is 182 g/mol. The highest BCUT2D eigenvalue weighted by Crippen LogP contribution is 2.52. The fourth-order valence-corrected chi connectivity index (χ4v) is 5.51. The third-order valence-corrected chi connectivity index (χ3v) is 5.57. The molecule has 0 unspecified atom stereocenters. The van der Waals surface area contributed by atoms with E-state index in [0.717, 1.165) is 17.8 Å². The Morgan fingerprint density at radius 3 is 1.67 bits per heavy atom. The largest absolute Gasteiger partial charge is 0.0695 e. The minimum atomic E-state index is -0.766. The van der Waals surface area contributed by atoms with E-state index in [2.05, 4.69) is 19.6 Å². The van der Waals surface area contributed by atoms with Gasteiger partial charge in [-0.25, -0.2) is 0 Å². The molecule has 1 heteroatoms. The van der Waals surface area contributed by atoms with E-state index >= 15 is 0 Å². The van der Waals surface area contributed by atoms with E-state index in [1.54, 1.807) is 31.7 Å². The highest BCUT2D eigenvalue weighted by atomic mass is 28.3. The summed E-state index contributed by atoms with van der Waals surface area (Å²) in [5, 5.41) is 0. The molecule has 2 saturated carbocycles. The molecular formula is C11H22Si. The summed E-state index contributed by atoms with van der Waals surface area (Å²) >= 11 is 0. The molecule has 12 heavy (non-hydrogen) atoms. The second kappa shape index (κ2) is 2.86. The van der Waals surface area contributed by atoms with Gasteiger partial charge in [-0.15, -0.1) is 0 Å². The minimum absolute atomic E-state index is 0.766. The summed E-state index contributed by atoms with van der Waals surface area (Å²) in [5.74, 6) is 3.47. The first-order valence-electron chi connectivity index (χ1n) is 5.56. The van der Waals surface area contributed by atoms with Crippen LogP contribution >= 0.6 is 0 Å². The predicted octanol–water partition coefficient (Wildman–Crippen LogP) is 3.76. The summed E-state index contributed by atoms with van der Waals surface area (Å²) in [6.07, 6.45) is 6.28. The number of hydrogen-bond acceptors (Lipinski definition) is 0. The normalized spacial score (nSPS) is 40.8. The van der Waals surface area contributed by atoms with Crippen LogP contribution in [-0.4, -0.2) is 8.07 Å². The van der Waals surface area contributed by atoms with Gasteiger partial charge in [-0.1, -0.05) is 25.7 Å². The van der Waals surface area contributed by atoms with Gasteiger partial charge in [-0.2, -0.15) is 0 Å². The molecule has 2 fully saturated rings. The second-order valence-corrected chi connectivity index (χ2v) is 11.6. The first kappa shape index (κ1) is 8.80. The van der Waals surface area contributed by atoms with Gasteiger partial charge in [0.1, 0.15) is 0 Å². The maximum absolute atomic E-state index is 2.53. The maximum atomic E-state index is 2.53. The van der Waals surface area contributed by atoms with E-state index in [9.17, 15) is 0 Å². The van der Waals surface area contributed by atoms with Crippen LogP contribution in [0.2, 0.25) is 25.7 Å². The second-order valence-electron chi connectivity index (χ2n) is 6.10. The molecule has 0 aromatic rings. The van der Waals surface area contributed by atoms with Crippen molar-refractivity contribution in [2.75, 3.05) is 0 Å². The van der Waals surface area contributed by atoms with Crippen LogP contribution in [0.15, 0.2) is 0 Å². The lowest BCUT2D eigenvalue weighted by Gasteiger charge is -2.24. The van der Waals surface area contributed by atoms with Crippen molar-refractivity contribution in [3.8, 4) is 0 Å². The van der Waals surface area contributed by atoms with Gasteiger partial charge in [0.2, 0.25) is 0 Å². The highest BCUT2D eigenvalue weighted by Gasteiger charge is 2.42. The van der Waals surface area contributed by atoms with Crippen LogP contribution in [0.5, 0.6) is 0 Å². The van der Waals surface area contributed by atoms with Crippen LogP contribution in [0, 0.1) is 17.8 Å². The summed E-state index contributed by atoms with van der Waals surface area (Å²) in [6, 6.07) is 1.61. The van der Waals surface area contributed by atoms with Crippen LogP contribution < -0.4 is 0 Å². The van der Waals surface area contributed by atoms with Crippen molar-refractivity contribution in [2.24, 2.45) is 17.8 Å². The zero-order chi connectivity index (χ0) is 8.77. The Hall–Kier alpha value is 0.217. The van der Waals surface area contributed by atoms with Crippen molar-refractivity contribution in [1.82, 2.24) is 0 Å². The number of rotatable bonds is 2. The van der Waals surface area contributed by atoms with Crippen molar-refractivity contribution < 1.29 is 0 Å². The Labute approximate surface area is 77.8 Å². The molecule has 2 rings (SSSR count). The minimum Gasteiger partial charge on any atom is -0.0695 e. The molecule has 0 radical (unpaired) electrons. The SMILES string of the molecule is C[Si](C)(C)CC1C2CCC1CC2. The molecule has 2 aliphatic rings. The van der Waals surface area contributed by atoms with Crippen LogP contribution in [-0.2, 0) is 0 Å². The number of fused-ring (bicyclic) bond motifs is 2. The lowest BCUT2D eigenvalue weighted by atomic mass is 10.0. The Kier molecular flexibility index (Phi) is 2.10. The first-order chi connectivity index (χ1) is 5.56. The summed E-state index contributed by atoms with van der Waals surface area (Å²) in [4.78, 5) is 0. The first-order valence-corrected chi connectivity index (χ1v) is 9.27. The van der Waals surface area contributed by atoms with Crippen LogP contribution in [0.25, 0.3) is 0 Å². The average molecular weight is 182 g/mol. The van der Waals surface area contributed by atoms with E-state index < -0.39 is 8.07 Å². The van der Waals surface area contributed by atoms with Gasteiger partial charge in [0.25, 0.3) is 0 Å². The van der Waals surface area contributed by atoms with Gasteiger partial charge in [-0.3, -0.25) is 0 Å². The van der Waals surface area contributed by atoms with Crippen molar-refractivity contribution in [1.29, 1.82) is 0 Å². The Morgan fingerprint density at radius 2 is 1.33 bits per heavy atom. The number of hydrogen-bond donors (Lipinski definition) is 0. The molecule has 0 N–H and O–H groups in total. The molecular weight excluding hydrogens is 160 g/mol. The molecule has 0 aliphatic heterocycles. The van der Waals surface area contributed by atoms with Crippen LogP contribution in [0.3, 0.4) is 0 Å². The van der Waals surface area contributed by atoms with E-state index in [0.29, 0.717) is 0 Å². The molecule has 0 aromatic carbocycles. The summed E-state index contributed by atoms with van der Waals surface area (Å²) < 4.78 is 0. The molecule has 0 heterocycles. The Balaban J connectivity index is 1.97. The predicted molar refractivity (Wildman–Crippen MR) is 57.1 cm³/mol. The topological polar surface area (TPSA) is 0 Å². The van der Waals surface area contributed by atoms with Gasteiger partial charge in [0.05, 0.1) is 0 Å². The molecule has 0 atom stereocenters. The van der Waals surface area contributed by atoms with Gasteiger partial charge in [-0.05, 0) is 43.4 Å².